The zero-order valence-corrected chi connectivity index (χ0v) is 14.9. The minimum absolute atomic E-state index is 0.0942. The number of amides is 1. The fourth-order valence-corrected chi connectivity index (χ4v) is 3.08. The van der Waals surface area contributed by atoms with Crippen molar-refractivity contribution >= 4 is 19.0 Å². The average molecular weight is 362 g/mol. The average Bonchev–Trinajstić information content (AvgIpc) is 2.56. The van der Waals surface area contributed by atoms with Gasteiger partial charge in [-0.05, 0) is 37.7 Å². The quantitative estimate of drug-likeness (QED) is 0.653. The van der Waals surface area contributed by atoms with Gasteiger partial charge in [0.15, 0.2) is 0 Å². The number of carboxylic acid groups (broad SMARTS) is 1. The molecule has 140 valence electrons. The van der Waals surface area contributed by atoms with E-state index in [1.54, 1.807) is 24.0 Å². The van der Waals surface area contributed by atoms with Crippen LogP contribution in [0.3, 0.4) is 0 Å². The largest absolute Gasteiger partial charge is 0.535 e. The number of benzene rings is 1. The van der Waals surface area contributed by atoms with Crippen LogP contribution in [0, 0.1) is 0 Å². The summed E-state index contributed by atoms with van der Waals surface area (Å²) in [6.45, 7) is 4.25. The third kappa shape index (κ3) is 3.36. The van der Waals surface area contributed by atoms with E-state index in [2.05, 4.69) is 0 Å². The van der Waals surface area contributed by atoms with Crippen LogP contribution >= 0.6 is 0 Å². The Balaban J connectivity index is 1.73. The first-order chi connectivity index (χ1) is 12.2. The molecule has 2 aliphatic rings. The second-order valence-electron chi connectivity index (χ2n) is 7.06. The Morgan fingerprint density at radius 3 is 2.77 bits per heavy atom. The lowest BCUT2D eigenvalue weighted by molar-refractivity contribution is -0.145. The smallest absolute Gasteiger partial charge is 0.522 e. The van der Waals surface area contributed by atoms with Gasteiger partial charge in [-0.3, -0.25) is 4.79 Å². The topological polar surface area (TPSA) is 122 Å². The molecule has 0 bridgehead atoms. The molecule has 8 nitrogen and oxygen atoms in total. The first kappa shape index (κ1) is 18.5. The van der Waals surface area contributed by atoms with Crippen LogP contribution in [-0.4, -0.2) is 58.8 Å². The van der Waals surface area contributed by atoms with Gasteiger partial charge in [0.05, 0.1) is 18.6 Å². The summed E-state index contributed by atoms with van der Waals surface area (Å²) in [5.74, 6) is -0.996. The van der Waals surface area contributed by atoms with Crippen molar-refractivity contribution in [3.05, 3.63) is 23.3 Å². The van der Waals surface area contributed by atoms with E-state index in [0.29, 0.717) is 32.3 Å². The minimum atomic E-state index is -1.18. The highest BCUT2D eigenvalue weighted by atomic mass is 16.5. The van der Waals surface area contributed by atoms with Gasteiger partial charge in [0.2, 0.25) is 5.91 Å². The molecule has 0 aliphatic carbocycles. The highest BCUT2D eigenvalue weighted by Gasteiger charge is 2.40. The first-order valence-corrected chi connectivity index (χ1v) is 8.71. The Hall–Kier alpha value is -2.26. The number of carbonyl (C=O) groups excluding carboxylic acids is 1. The van der Waals surface area contributed by atoms with E-state index in [0.717, 1.165) is 5.56 Å². The summed E-state index contributed by atoms with van der Waals surface area (Å²) in [6.07, 6.45) is 1.17. The molecule has 3 rings (SSSR count). The maximum absolute atomic E-state index is 12.3. The highest BCUT2D eigenvalue weighted by molar-refractivity contribution is 6.44. The molecule has 2 aliphatic heterocycles. The Bertz CT molecular complexity index is 732. The van der Waals surface area contributed by atoms with Gasteiger partial charge in [0.25, 0.3) is 0 Å². The fraction of sp³-hybridized carbons (Fsp3) is 0.529. The van der Waals surface area contributed by atoms with Crippen LogP contribution in [-0.2, 0) is 11.2 Å². The van der Waals surface area contributed by atoms with E-state index in [1.165, 1.54) is 0 Å². The van der Waals surface area contributed by atoms with E-state index in [4.69, 9.17) is 15.1 Å². The number of likely N-dealkylation sites (tertiary alicyclic amines) is 1. The van der Waals surface area contributed by atoms with Crippen LogP contribution in [0.5, 0.6) is 11.5 Å². The molecule has 0 radical (unpaired) electrons. The lowest BCUT2D eigenvalue weighted by Gasteiger charge is -2.42. The van der Waals surface area contributed by atoms with Gasteiger partial charge in [-0.15, -0.1) is 0 Å². The number of aryl methyl sites for hydroxylation is 1. The van der Waals surface area contributed by atoms with Crippen molar-refractivity contribution in [2.45, 2.75) is 44.7 Å². The number of carboxylic acids is 1. The van der Waals surface area contributed by atoms with Crippen LogP contribution in [0.4, 0.5) is 0 Å². The van der Waals surface area contributed by atoms with Gasteiger partial charge in [-0.25, -0.2) is 4.79 Å². The minimum Gasteiger partial charge on any atom is -0.535 e. The molecule has 9 heteroatoms. The third-order valence-electron chi connectivity index (χ3n) is 4.98. The molecule has 0 unspecified atom stereocenters. The van der Waals surface area contributed by atoms with Crippen LogP contribution < -0.4 is 15.1 Å². The van der Waals surface area contributed by atoms with E-state index in [-0.39, 0.29) is 29.1 Å². The number of nitrogens with two attached hydrogens (primary N) is 1. The van der Waals surface area contributed by atoms with E-state index >= 15 is 0 Å². The molecule has 0 saturated carbocycles. The number of hydrogen-bond donors (Lipinski definition) is 3. The van der Waals surface area contributed by atoms with Crippen LogP contribution in [0.15, 0.2) is 12.1 Å². The number of fused-ring (bicyclic) bond motifs is 1. The SMILES string of the molecule is CC[C@@](C)(N)C(=O)N1CC(Oc2ccc3c(c2C(=O)O)OB(O)CC3)C1. The van der Waals surface area contributed by atoms with E-state index < -0.39 is 18.6 Å². The molecule has 1 saturated heterocycles. The zero-order chi connectivity index (χ0) is 19.1. The number of nitrogens with zero attached hydrogens (tertiary/aromatic N) is 1. The molecule has 1 amide bonds. The molecule has 0 aromatic heterocycles. The van der Waals surface area contributed by atoms with Crippen molar-refractivity contribution < 1.29 is 29.1 Å². The molecule has 1 aromatic carbocycles. The molecule has 4 N–H and O–H groups in total. The van der Waals surface area contributed by atoms with Crippen LogP contribution in [0.25, 0.3) is 0 Å². The van der Waals surface area contributed by atoms with Crippen molar-refractivity contribution in [1.82, 2.24) is 4.90 Å². The maximum Gasteiger partial charge on any atom is 0.522 e. The molecule has 1 atom stereocenters. The monoisotopic (exact) mass is 362 g/mol. The summed E-state index contributed by atoms with van der Waals surface area (Å²) < 4.78 is 11.1. The van der Waals surface area contributed by atoms with Gasteiger partial charge in [0.1, 0.15) is 23.2 Å². The second-order valence-corrected chi connectivity index (χ2v) is 7.06. The van der Waals surface area contributed by atoms with Gasteiger partial charge in [-0.1, -0.05) is 13.0 Å². The van der Waals surface area contributed by atoms with Gasteiger partial charge in [-0.2, -0.15) is 0 Å². The Morgan fingerprint density at radius 1 is 1.46 bits per heavy atom. The summed E-state index contributed by atoms with van der Waals surface area (Å²) >= 11 is 0. The molecule has 2 heterocycles. The second kappa shape index (κ2) is 6.81. The molecule has 1 aromatic rings. The van der Waals surface area contributed by atoms with Gasteiger partial charge >= 0.3 is 13.1 Å². The van der Waals surface area contributed by atoms with Gasteiger partial charge < -0.3 is 30.2 Å². The predicted molar refractivity (Wildman–Crippen MR) is 94.4 cm³/mol. The van der Waals surface area contributed by atoms with Crippen molar-refractivity contribution in [2.24, 2.45) is 5.73 Å². The Labute approximate surface area is 152 Å². The number of hydrogen-bond acceptors (Lipinski definition) is 6. The summed E-state index contributed by atoms with van der Waals surface area (Å²) in [4.78, 5) is 25.6. The lowest BCUT2D eigenvalue weighted by Crippen LogP contribution is -2.63. The standard InChI is InChI=1S/C17H23BN2O6/c1-3-17(2,19)16(23)20-8-11(9-20)25-12-5-4-10-6-7-18(24)26-14(10)13(12)15(21)22/h4-5,11,24H,3,6-9,19H2,1-2H3,(H,21,22)/t17-/m1/s1. The zero-order valence-electron chi connectivity index (χ0n) is 14.9. The summed E-state index contributed by atoms with van der Waals surface area (Å²) in [5.41, 5.74) is 5.70. The van der Waals surface area contributed by atoms with E-state index in [9.17, 15) is 19.7 Å². The molecule has 0 spiro atoms. The summed E-state index contributed by atoms with van der Waals surface area (Å²) in [6, 6.07) is 3.35. The fourth-order valence-electron chi connectivity index (χ4n) is 3.08. The Kier molecular flexibility index (Phi) is 4.85. The van der Waals surface area contributed by atoms with Crippen molar-refractivity contribution in [1.29, 1.82) is 0 Å². The highest BCUT2D eigenvalue weighted by Crippen LogP contribution is 2.37. The molecule has 26 heavy (non-hydrogen) atoms. The number of aromatic carboxylic acids is 1. The summed E-state index contributed by atoms with van der Waals surface area (Å²) in [7, 11) is -1.02. The van der Waals surface area contributed by atoms with E-state index in [1.807, 2.05) is 6.92 Å². The number of carbonyl (C=O) groups is 2. The molecular weight excluding hydrogens is 339 g/mol. The van der Waals surface area contributed by atoms with Gasteiger partial charge in [0, 0.05) is 0 Å². The number of rotatable bonds is 5. The Morgan fingerprint density at radius 2 is 2.15 bits per heavy atom. The predicted octanol–water partition coefficient (Wildman–Crippen LogP) is 0.517. The normalized spacial score (nSPS) is 19.1. The first-order valence-electron chi connectivity index (χ1n) is 8.71. The van der Waals surface area contributed by atoms with Crippen molar-refractivity contribution in [3.63, 3.8) is 0 Å². The number of ether oxygens (including phenoxy) is 1. The van der Waals surface area contributed by atoms with Crippen LogP contribution in [0.2, 0.25) is 6.32 Å². The molecular formula is C17H23BN2O6. The van der Waals surface area contributed by atoms with Crippen molar-refractivity contribution in [2.75, 3.05) is 13.1 Å². The third-order valence-corrected chi connectivity index (χ3v) is 4.98. The molecule has 1 fully saturated rings. The van der Waals surface area contributed by atoms with Crippen molar-refractivity contribution in [3.8, 4) is 11.5 Å². The van der Waals surface area contributed by atoms with Crippen LogP contribution in [0.1, 0.15) is 36.2 Å². The maximum atomic E-state index is 12.3. The summed E-state index contributed by atoms with van der Waals surface area (Å²) in [5, 5.41) is 19.2. The lowest BCUT2D eigenvalue weighted by atomic mass is 9.78.